The van der Waals surface area contributed by atoms with Gasteiger partial charge in [-0.1, -0.05) is 49.4 Å². The lowest BCUT2D eigenvalue weighted by atomic mass is 10.1. The Morgan fingerprint density at radius 2 is 1.79 bits per heavy atom. The molecular formula is C20H20N2OS. The van der Waals surface area contributed by atoms with Gasteiger partial charge in [-0.25, -0.2) is 4.98 Å². The molecule has 0 aliphatic heterocycles. The fraction of sp³-hybridized carbons (Fsp3) is 0.200. The van der Waals surface area contributed by atoms with Gasteiger partial charge >= 0.3 is 0 Å². The predicted molar refractivity (Wildman–Crippen MR) is 100 cm³/mol. The summed E-state index contributed by atoms with van der Waals surface area (Å²) in [6.45, 7) is 4.16. The molecule has 3 nitrogen and oxygen atoms in total. The predicted octanol–water partition coefficient (Wildman–Crippen LogP) is 4.86. The first kappa shape index (κ1) is 16.4. The van der Waals surface area contributed by atoms with Gasteiger partial charge in [-0.05, 0) is 31.0 Å². The quantitative estimate of drug-likeness (QED) is 0.723. The SMILES string of the molecule is CCc1ccc(NC(=O)Cc2nc(-c3ccccc3)c(C)s2)cc1. The van der Waals surface area contributed by atoms with Crippen LogP contribution in [0.4, 0.5) is 5.69 Å². The van der Waals surface area contributed by atoms with E-state index in [0.717, 1.165) is 33.3 Å². The van der Waals surface area contributed by atoms with Gasteiger partial charge in [0, 0.05) is 16.1 Å². The molecule has 122 valence electrons. The first-order valence-electron chi connectivity index (χ1n) is 8.06. The molecule has 1 heterocycles. The zero-order chi connectivity index (χ0) is 16.9. The molecule has 0 atom stereocenters. The second-order valence-corrected chi connectivity index (χ2v) is 6.94. The van der Waals surface area contributed by atoms with E-state index in [-0.39, 0.29) is 5.91 Å². The molecule has 0 fully saturated rings. The van der Waals surface area contributed by atoms with Crippen LogP contribution in [0.5, 0.6) is 0 Å². The average molecular weight is 336 g/mol. The van der Waals surface area contributed by atoms with Crippen LogP contribution in [-0.4, -0.2) is 10.9 Å². The van der Waals surface area contributed by atoms with E-state index in [4.69, 9.17) is 0 Å². The van der Waals surface area contributed by atoms with E-state index in [2.05, 4.69) is 17.2 Å². The number of nitrogens with zero attached hydrogens (tertiary/aromatic N) is 1. The second-order valence-electron chi connectivity index (χ2n) is 5.65. The largest absolute Gasteiger partial charge is 0.326 e. The third-order valence-electron chi connectivity index (χ3n) is 3.85. The lowest BCUT2D eigenvalue weighted by Crippen LogP contribution is -2.14. The number of aryl methyl sites for hydroxylation is 2. The van der Waals surface area contributed by atoms with Crippen molar-refractivity contribution < 1.29 is 4.79 Å². The number of rotatable bonds is 5. The molecule has 1 N–H and O–H groups in total. The zero-order valence-electron chi connectivity index (χ0n) is 13.9. The molecule has 0 saturated carbocycles. The maximum absolute atomic E-state index is 12.2. The number of aromatic nitrogens is 1. The van der Waals surface area contributed by atoms with Gasteiger partial charge in [0.15, 0.2) is 0 Å². The van der Waals surface area contributed by atoms with Crippen molar-refractivity contribution in [2.75, 3.05) is 5.32 Å². The number of benzene rings is 2. The molecule has 2 aromatic carbocycles. The van der Waals surface area contributed by atoms with Gasteiger partial charge in [0.05, 0.1) is 12.1 Å². The van der Waals surface area contributed by atoms with Crippen molar-refractivity contribution >= 4 is 22.9 Å². The standard InChI is InChI=1S/C20H20N2OS/c1-3-15-9-11-17(12-10-15)21-18(23)13-19-22-20(14(2)24-19)16-7-5-4-6-8-16/h4-12H,3,13H2,1-2H3,(H,21,23). The summed E-state index contributed by atoms with van der Waals surface area (Å²) in [6, 6.07) is 18.0. The van der Waals surface area contributed by atoms with E-state index in [9.17, 15) is 4.79 Å². The Bertz CT molecular complexity index is 823. The molecule has 0 bridgehead atoms. The van der Waals surface area contributed by atoms with Crippen molar-refractivity contribution in [3.8, 4) is 11.3 Å². The van der Waals surface area contributed by atoms with E-state index < -0.39 is 0 Å². The Morgan fingerprint density at radius 1 is 1.08 bits per heavy atom. The molecule has 0 aliphatic rings. The van der Waals surface area contributed by atoms with Crippen LogP contribution in [-0.2, 0) is 17.6 Å². The summed E-state index contributed by atoms with van der Waals surface area (Å²) in [4.78, 5) is 18.0. The highest BCUT2D eigenvalue weighted by Gasteiger charge is 2.12. The summed E-state index contributed by atoms with van der Waals surface area (Å²) in [7, 11) is 0. The summed E-state index contributed by atoms with van der Waals surface area (Å²) in [5.41, 5.74) is 4.15. The smallest absolute Gasteiger partial charge is 0.231 e. The van der Waals surface area contributed by atoms with Crippen LogP contribution < -0.4 is 5.32 Å². The Hall–Kier alpha value is -2.46. The summed E-state index contributed by atoms with van der Waals surface area (Å²) in [5, 5.41) is 3.78. The molecule has 0 saturated heterocycles. The summed E-state index contributed by atoms with van der Waals surface area (Å²) in [6.07, 6.45) is 1.29. The number of nitrogens with one attached hydrogen (secondary N) is 1. The van der Waals surface area contributed by atoms with Gasteiger partial charge in [-0.15, -0.1) is 11.3 Å². The van der Waals surface area contributed by atoms with Crippen molar-refractivity contribution in [1.82, 2.24) is 4.98 Å². The van der Waals surface area contributed by atoms with Gasteiger partial charge in [-0.3, -0.25) is 4.79 Å². The first-order valence-corrected chi connectivity index (χ1v) is 8.88. The third kappa shape index (κ3) is 3.89. The minimum atomic E-state index is -0.0346. The fourth-order valence-corrected chi connectivity index (χ4v) is 3.51. The number of anilines is 1. The molecule has 0 unspecified atom stereocenters. The van der Waals surface area contributed by atoms with Gasteiger partial charge in [0.25, 0.3) is 0 Å². The molecular weight excluding hydrogens is 316 g/mol. The van der Waals surface area contributed by atoms with E-state index >= 15 is 0 Å². The molecule has 0 aliphatic carbocycles. The first-order chi connectivity index (χ1) is 11.7. The van der Waals surface area contributed by atoms with Gasteiger partial charge in [-0.2, -0.15) is 0 Å². The van der Waals surface area contributed by atoms with E-state index in [0.29, 0.717) is 6.42 Å². The van der Waals surface area contributed by atoms with Gasteiger partial charge < -0.3 is 5.32 Å². The van der Waals surface area contributed by atoms with Crippen molar-refractivity contribution in [3.63, 3.8) is 0 Å². The second kappa shape index (κ2) is 7.41. The van der Waals surface area contributed by atoms with Crippen LogP contribution in [0.25, 0.3) is 11.3 Å². The number of carbonyl (C=O) groups is 1. The van der Waals surface area contributed by atoms with Crippen molar-refractivity contribution in [2.24, 2.45) is 0 Å². The topological polar surface area (TPSA) is 42.0 Å². The summed E-state index contributed by atoms with van der Waals surface area (Å²) < 4.78 is 0. The Balaban J connectivity index is 1.68. The van der Waals surface area contributed by atoms with Crippen molar-refractivity contribution in [3.05, 3.63) is 70.0 Å². The number of carbonyl (C=O) groups excluding carboxylic acids is 1. The maximum atomic E-state index is 12.2. The Kier molecular flexibility index (Phi) is 5.06. The monoisotopic (exact) mass is 336 g/mol. The third-order valence-corrected chi connectivity index (χ3v) is 4.82. The highest BCUT2D eigenvalue weighted by atomic mass is 32.1. The van der Waals surface area contributed by atoms with E-state index in [1.54, 1.807) is 11.3 Å². The lowest BCUT2D eigenvalue weighted by Gasteiger charge is -2.04. The minimum Gasteiger partial charge on any atom is -0.326 e. The van der Waals surface area contributed by atoms with Crippen LogP contribution in [0.15, 0.2) is 54.6 Å². The van der Waals surface area contributed by atoms with Crippen molar-refractivity contribution in [2.45, 2.75) is 26.7 Å². The number of thiazole rings is 1. The fourth-order valence-electron chi connectivity index (χ4n) is 2.56. The average Bonchev–Trinajstić information content (AvgIpc) is 2.96. The van der Waals surface area contributed by atoms with Crippen LogP contribution in [0.1, 0.15) is 22.4 Å². The van der Waals surface area contributed by atoms with Gasteiger partial charge in [0.1, 0.15) is 5.01 Å². The lowest BCUT2D eigenvalue weighted by molar-refractivity contribution is -0.115. The van der Waals surface area contributed by atoms with Crippen LogP contribution in [0.2, 0.25) is 0 Å². The summed E-state index contributed by atoms with van der Waals surface area (Å²) >= 11 is 1.58. The number of hydrogen-bond donors (Lipinski definition) is 1. The zero-order valence-corrected chi connectivity index (χ0v) is 14.7. The molecule has 24 heavy (non-hydrogen) atoms. The maximum Gasteiger partial charge on any atom is 0.231 e. The molecule has 3 aromatic rings. The highest BCUT2D eigenvalue weighted by Crippen LogP contribution is 2.27. The highest BCUT2D eigenvalue weighted by molar-refractivity contribution is 7.12. The number of amides is 1. The van der Waals surface area contributed by atoms with Crippen molar-refractivity contribution in [1.29, 1.82) is 0 Å². The van der Waals surface area contributed by atoms with E-state index in [1.807, 2.05) is 61.5 Å². The van der Waals surface area contributed by atoms with Gasteiger partial charge in [0.2, 0.25) is 5.91 Å². The normalized spacial score (nSPS) is 10.6. The molecule has 0 radical (unpaired) electrons. The van der Waals surface area contributed by atoms with Crippen LogP contribution in [0.3, 0.4) is 0 Å². The molecule has 1 amide bonds. The molecule has 1 aromatic heterocycles. The Morgan fingerprint density at radius 3 is 2.46 bits per heavy atom. The van der Waals surface area contributed by atoms with Crippen LogP contribution in [0, 0.1) is 6.92 Å². The Labute approximate surface area is 146 Å². The van der Waals surface area contributed by atoms with E-state index in [1.165, 1.54) is 5.56 Å². The minimum absolute atomic E-state index is 0.0346. The molecule has 0 spiro atoms. The molecule has 3 rings (SSSR count). The van der Waals surface area contributed by atoms with Crippen LogP contribution >= 0.6 is 11.3 Å². The molecule has 4 heteroatoms. The number of hydrogen-bond acceptors (Lipinski definition) is 3. The summed E-state index contributed by atoms with van der Waals surface area (Å²) in [5.74, 6) is -0.0346.